The zero-order valence-electron chi connectivity index (χ0n) is 9.70. The van der Waals surface area contributed by atoms with Crippen LogP contribution in [-0.2, 0) is 0 Å². The molecule has 2 rings (SSSR count). The summed E-state index contributed by atoms with van der Waals surface area (Å²) in [6, 6.07) is 10.2. The Morgan fingerprint density at radius 3 is 2.76 bits per heavy atom. The Balaban J connectivity index is 2.28. The monoisotopic (exact) mass is 308 g/mol. The van der Waals surface area contributed by atoms with E-state index >= 15 is 0 Å². The Kier molecular flexibility index (Phi) is 4.07. The molecule has 0 aliphatic rings. The number of hydrogen-bond donors (Lipinski definition) is 1. The second kappa shape index (κ2) is 5.56. The number of benzene rings is 1. The number of thioether (sulfide) groups is 1. The van der Waals surface area contributed by atoms with Gasteiger partial charge in [-0.2, -0.15) is 0 Å². The van der Waals surface area contributed by atoms with Crippen LogP contribution < -0.4 is 5.32 Å². The standard InChI is InChI=1S/C13H13BrN2S/c1-9-7-13(15-8-10(9)14)16-11-5-3-4-6-12(11)17-2/h3-8H,1-2H3,(H,15,16). The average Bonchev–Trinajstić information content (AvgIpc) is 2.34. The summed E-state index contributed by atoms with van der Waals surface area (Å²) in [6.07, 6.45) is 3.89. The smallest absolute Gasteiger partial charge is 0.130 e. The van der Waals surface area contributed by atoms with E-state index in [0.717, 1.165) is 16.0 Å². The van der Waals surface area contributed by atoms with Crippen molar-refractivity contribution in [1.82, 2.24) is 4.98 Å². The number of nitrogens with one attached hydrogen (secondary N) is 1. The van der Waals surface area contributed by atoms with E-state index in [4.69, 9.17) is 0 Å². The second-order valence-corrected chi connectivity index (χ2v) is 5.35. The molecule has 1 aromatic heterocycles. The zero-order chi connectivity index (χ0) is 12.3. The molecule has 1 N–H and O–H groups in total. The highest BCUT2D eigenvalue weighted by Gasteiger charge is 2.03. The third kappa shape index (κ3) is 3.01. The molecule has 0 amide bonds. The Bertz CT molecular complexity index is 529. The molecule has 0 saturated heterocycles. The minimum Gasteiger partial charge on any atom is -0.339 e. The Morgan fingerprint density at radius 2 is 2.06 bits per heavy atom. The Morgan fingerprint density at radius 1 is 1.29 bits per heavy atom. The van der Waals surface area contributed by atoms with Crippen LogP contribution in [0, 0.1) is 6.92 Å². The number of anilines is 2. The summed E-state index contributed by atoms with van der Waals surface area (Å²) in [5.41, 5.74) is 2.26. The summed E-state index contributed by atoms with van der Waals surface area (Å²) >= 11 is 5.17. The lowest BCUT2D eigenvalue weighted by atomic mass is 10.3. The first-order chi connectivity index (χ1) is 8.20. The highest BCUT2D eigenvalue weighted by Crippen LogP contribution is 2.28. The third-order valence-electron chi connectivity index (χ3n) is 2.42. The van der Waals surface area contributed by atoms with Crippen molar-refractivity contribution in [2.45, 2.75) is 11.8 Å². The van der Waals surface area contributed by atoms with Gasteiger partial charge in [-0.05, 0) is 52.9 Å². The van der Waals surface area contributed by atoms with E-state index in [2.05, 4.69) is 51.5 Å². The maximum Gasteiger partial charge on any atom is 0.130 e. The number of para-hydroxylation sites is 1. The van der Waals surface area contributed by atoms with E-state index in [1.165, 1.54) is 10.5 Å². The van der Waals surface area contributed by atoms with E-state index in [-0.39, 0.29) is 0 Å². The van der Waals surface area contributed by atoms with Gasteiger partial charge in [0.05, 0.1) is 5.69 Å². The van der Waals surface area contributed by atoms with Crippen molar-refractivity contribution in [2.24, 2.45) is 0 Å². The molecule has 1 heterocycles. The van der Waals surface area contributed by atoms with Gasteiger partial charge in [0.2, 0.25) is 0 Å². The number of rotatable bonds is 3. The van der Waals surface area contributed by atoms with Crippen molar-refractivity contribution in [3.8, 4) is 0 Å². The molecule has 2 nitrogen and oxygen atoms in total. The van der Waals surface area contributed by atoms with E-state index in [1.807, 2.05) is 24.4 Å². The molecule has 0 atom stereocenters. The van der Waals surface area contributed by atoms with Gasteiger partial charge in [-0.25, -0.2) is 4.98 Å². The Labute approximate surface area is 114 Å². The summed E-state index contributed by atoms with van der Waals surface area (Å²) < 4.78 is 1.03. The van der Waals surface area contributed by atoms with Gasteiger partial charge < -0.3 is 5.32 Å². The summed E-state index contributed by atoms with van der Waals surface area (Å²) in [7, 11) is 0. The number of pyridine rings is 1. The maximum absolute atomic E-state index is 4.34. The molecule has 0 aliphatic heterocycles. The van der Waals surface area contributed by atoms with Crippen LogP contribution in [0.15, 0.2) is 45.9 Å². The molecule has 0 radical (unpaired) electrons. The Hall–Kier alpha value is -1.00. The van der Waals surface area contributed by atoms with Crippen LogP contribution in [0.1, 0.15) is 5.56 Å². The molecule has 2 aromatic rings. The molecule has 17 heavy (non-hydrogen) atoms. The lowest BCUT2D eigenvalue weighted by Crippen LogP contribution is -1.95. The lowest BCUT2D eigenvalue weighted by Gasteiger charge is -2.10. The topological polar surface area (TPSA) is 24.9 Å². The van der Waals surface area contributed by atoms with Crippen molar-refractivity contribution in [3.05, 3.63) is 46.6 Å². The minimum atomic E-state index is 0.868. The van der Waals surface area contributed by atoms with Crippen molar-refractivity contribution in [2.75, 3.05) is 11.6 Å². The van der Waals surface area contributed by atoms with E-state index < -0.39 is 0 Å². The fourth-order valence-corrected chi connectivity index (χ4v) is 2.26. The van der Waals surface area contributed by atoms with Crippen LogP contribution in [0.25, 0.3) is 0 Å². The molecular formula is C13H13BrN2S. The van der Waals surface area contributed by atoms with Gasteiger partial charge in [0.15, 0.2) is 0 Å². The summed E-state index contributed by atoms with van der Waals surface area (Å²) in [6.45, 7) is 2.05. The van der Waals surface area contributed by atoms with Crippen LogP contribution in [0.3, 0.4) is 0 Å². The highest BCUT2D eigenvalue weighted by molar-refractivity contribution is 9.10. The van der Waals surface area contributed by atoms with Crippen molar-refractivity contribution in [1.29, 1.82) is 0 Å². The normalized spacial score (nSPS) is 10.3. The number of halogens is 1. The van der Waals surface area contributed by atoms with E-state index in [9.17, 15) is 0 Å². The third-order valence-corrected chi connectivity index (χ3v) is 4.04. The van der Waals surface area contributed by atoms with Gasteiger partial charge in [0.25, 0.3) is 0 Å². The van der Waals surface area contributed by atoms with Crippen LogP contribution in [-0.4, -0.2) is 11.2 Å². The fraction of sp³-hybridized carbons (Fsp3) is 0.154. The quantitative estimate of drug-likeness (QED) is 0.838. The zero-order valence-corrected chi connectivity index (χ0v) is 12.1. The molecule has 4 heteroatoms. The molecule has 88 valence electrons. The van der Waals surface area contributed by atoms with Crippen LogP contribution in [0.2, 0.25) is 0 Å². The number of aryl methyl sites for hydroxylation is 1. The first kappa shape index (κ1) is 12.5. The highest BCUT2D eigenvalue weighted by atomic mass is 79.9. The first-order valence-corrected chi connectivity index (χ1v) is 7.24. The predicted molar refractivity (Wildman–Crippen MR) is 78.2 cm³/mol. The molecule has 0 saturated carbocycles. The average molecular weight is 309 g/mol. The van der Waals surface area contributed by atoms with Crippen molar-refractivity contribution < 1.29 is 0 Å². The van der Waals surface area contributed by atoms with Gasteiger partial charge >= 0.3 is 0 Å². The fourth-order valence-electron chi connectivity index (χ4n) is 1.49. The minimum absolute atomic E-state index is 0.868. The van der Waals surface area contributed by atoms with Crippen LogP contribution in [0.4, 0.5) is 11.5 Å². The van der Waals surface area contributed by atoms with E-state index in [0.29, 0.717) is 0 Å². The number of nitrogens with zero attached hydrogens (tertiary/aromatic N) is 1. The van der Waals surface area contributed by atoms with E-state index in [1.54, 1.807) is 11.8 Å². The van der Waals surface area contributed by atoms with Crippen LogP contribution >= 0.6 is 27.7 Å². The van der Waals surface area contributed by atoms with Gasteiger partial charge in [0, 0.05) is 15.6 Å². The molecule has 0 bridgehead atoms. The lowest BCUT2D eigenvalue weighted by molar-refractivity contribution is 1.24. The van der Waals surface area contributed by atoms with Gasteiger partial charge in [-0.3, -0.25) is 0 Å². The van der Waals surface area contributed by atoms with Gasteiger partial charge in [-0.1, -0.05) is 12.1 Å². The molecule has 0 fully saturated rings. The maximum atomic E-state index is 4.34. The second-order valence-electron chi connectivity index (χ2n) is 3.64. The SMILES string of the molecule is CSc1ccccc1Nc1cc(C)c(Br)cn1. The largest absolute Gasteiger partial charge is 0.339 e. The summed E-state index contributed by atoms with van der Waals surface area (Å²) in [4.78, 5) is 5.56. The van der Waals surface area contributed by atoms with Gasteiger partial charge in [-0.15, -0.1) is 11.8 Å². The molecule has 0 aliphatic carbocycles. The molecular weight excluding hydrogens is 296 g/mol. The van der Waals surface area contributed by atoms with Crippen molar-refractivity contribution >= 4 is 39.2 Å². The summed E-state index contributed by atoms with van der Waals surface area (Å²) in [5, 5.41) is 3.34. The molecule has 0 unspecified atom stereocenters. The molecule has 1 aromatic carbocycles. The molecule has 0 spiro atoms. The predicted octanol–water partition coefficient (Wildman–Crippen LogP) is 4.62. The van der Waals surface area contributed by atoms with Crippen molar-refractivity contribution in [3.63, 3.8) is 0 Å². The number of aromatic nitrogens is 1. The van der Waals surface area contributed by atoms with Gasteiger partial charge in [0.1, 0.15) is 5.82 Å². The summed E-state index contributed by atoms with van der Waals surface area (Å²) in [5.74, 6) is 0.868. The number of hydrogen-bond acceptors (Lipinski definition) is 3. The van der Waals surface area contributed by atoms with Crippen LogP contribution in [0.5, 0.6) is 0 Å². The first-order valence-electron chi connectivity index (χ1n) is 5.23.